The Kier molecular flexibility index (Phi) is 6.18. The van der Waals surface area contributed by atoms with Crippen LogP contribution < -0.4 is 10.1 Å². The number of rotatable bonds is 7. The maximum absolute atomic E-state index is 11.8. The minimum absolute atomic E-state index is 0.194. The third-order valence-corrected chi connectivity index (χ3v) is 2.89. The highest BCUT2D eigenvalue weighted by Crippen LogP contribution is 2.25. The van der Waals surface area contributed by atoms with Crippen LogP contribution in [0.4, 0.5) is 0 Å². The van der Waals surface area contributed by atoms with E-state index in [1.807, 2.05) is 13.8 Å². The molecular formula is C15H21NO4. The van der Waals surface area contributed by atoms with Crippen molar-refractivity contribution in [3.63, 3.8) is 0 Å². The van der Waals surface area contributed by atoms with Gasteiger partial charge in [0.2, 0.25) is 0 Å². The summed E-state index contributed by atoms with van der Waals surface area (Å²) in [6, 6.07) is 3.48. The van der Waals surface area contributed by atoms with E-state index in [4.69, 9.17) is 9.47 Å². The molecular weight excluding hydrogens is 258 g/mol. The first kappa shape index (κ1) is 16.2. The molecule has 0 fully saturated rings. The molecule has 1 aromatic rings. The summed E-state index contributed by atoms with van der Waals surface area (Å²) >= 11 is 0. The minimum atomic E-state index is -0.605. The molecule has 0 bridgehead atoms. The van der Waals surface area contributed by atoms with E-state index in [0.717, 1.165) is 17.4 Å². The van der Waals surface area contributed by atoms with Crippen LogP contribution in [-0.2, 0) is 9.53 Å². The molecule has 0 aromatic heterocycles. The van der Waals surface area contributed by atoms with Gasteiger partial charge in [-0.1, -0.05) is 0 Å². The van der Waals surface area contributed by atoms with Gasteiger partial charge in [0.1, 0.15) is 12.0 Å². The summed E-state index contributed by atoms with van der Waals surface area (Å²) in [6.45, 7) is 6.31. The molecule has 1 atom stereocenters. The van der Waals surface area contributed by atoms with E-state index in [9.17, 15) is 9.59 Å². The van der Waals surface area contributed by atoms with Gasteiger partial charge in [0.05, 0.1) is 6.61 Å². The van der Waals surface area contributed by atoms with Gasteiger partial charge in [0.25, 0.3) is 5.91 Å². The summed E-state index contributed by atoms with van der Waals surface area (Å²) in [5, 5.41) is 2.72. The van der Waals surface area contributed by atoms with Crippen molar-refractivity contribution in [2.45, 2.75) is 26.9 Å². The first-order valence-electron chi connectivity index (χ1n) is 6.49. The molecule has 5 nitrogen and oxygen atoms in total. The van der Waals surface area contributed by atoms with Crippen molar-refractivity contribution in [3.05, 3.63) is 28.8 Å². The fourth-order valence-corrected chi connectivity index (χ4v) is 1.89. The van der Waals surface area contributed by atoms with Crippen molar-refractivity contribution in [2.24, 2.45) is 0 Å². The van der Waals surface area contributed by atoms with Crippen LogP contribution in [0.3, 0.4) is 0 Å². The Balaban J connectivity index is 2.72. The van der Waals surface area contributed by atoms with Gasteiger partial charge in [-0.05, 0) is 44.0 Å². The lowest BCUT2D eigenvalue weighted by Gasteiger charge is -2.18. The zero-order valence-corrected chi connectivity index (χ0v) is 12.4. The van der Waals surface area contributed by atoms with Crippen LogP contribution >= 0.6 is 0 Å². The molecule has 1 N–H and O–H groups in total. The number of carbonyl (C=O) groups is 2. The van der Waals surface area contributed by atoms with Crippen molar-refractivity contribution < 1.29 is 19.1 Å². The number of methoxy groups -OCH3 is 1. The van der Waals surface area contributed by atoms with Gasteiger partial charge in [-0.25, -0.2) is 0 Å². The molecule has 0 heterocycles. The zero-order chi connectivity index (χ0) is 15.1. The third kappa shape index (κ3) is 4.35. The van der Waals surface area contributed by atoms with E-state index in [2.05, 4.69) is 5.32 Å². The van der Waals surface area contributed by atoms with E-state index >= 15 is 0 Å². The molecule has 110 valence electrons. The fraction of sp³-hybridized carbons (Fsp3) is 0.467. The lowest BCUT2D eigenvalue weighted by atomic mass is 10.1. The quantitative estimate of drug-likeness (QED) is 0.609. The molecule has 0 aliphatic rings. The number of carbonyl (C=O) groups excluding carboxylic acids is 2. The first-order valence-corrected chi connectivity index (χ1v) is 6.49. The standard InChI is InChI=1S/C15H21NO4/c1-10-7-13(9-17)8-11(2)14(10)20-12(3)15(18)16-5-6-19-4/h7-9,12H,5-6H2,1-4H3,(H,16,18). The molecule has 0 aliphatic heterocycles. The van der Waals surface area contributed by atoms with Crippen LogP contribution in [0.25, 0.3) is 0 Å². The normalized spacial score (nSPS) is 11.8. The monoisotopic (exact) mass is 279 g/mol. The van der Waals surface area contributed by atoms with Crippen LogP contribution in [0.2, 0.25) is 0 Å². The Morgan fingerprint density at radius 1 is 1.35 bits per heavy atom. The van der Waals surface area contributed by atoms with E-state index in [1.54, 1.807) is 26.2 Å². The largest absolute Gasteiger partial charge is 0.480 e. The van der Waals surface area contributed by atoms with Crippen LogP contribution in [-0.4, -0.2) is 38.6 Å². The van der Waals surface area contributed by atoms with Gasteiger partial charge in [0, 0.05) is 19.2 Å². The number of nitrogens with one attached hydrogen (secondary N) is 1. The van der Waals surface area contributed by atoms with Crippen molar-refractivity contribution in [2.75, 3.05) is 20.3 Å². The molecule has 1 rings (SSSR count). The molecule has 1 amide bonds. The highest BCUT2D eigenvalue weighted by molar-refractivity contribution is 5.81. The molecule has 5 heteroatoms. The second-order valence-electron chi connectivity index (χ2n) is 4.65. The molecule has 0 saturated carbocycles. The maximum atomic E-state index is 11.8. The van der Waals surface area contributed by atoms with Gasteiger partial charge in [-0.3, -0.25) is 9.59 Å². The predicted molar refractivity (Wildman–Crippen MR) is 76.3 cm³/mol. The number of ether oxygens (including phenoxy) is 2. The summed E-state index contributed by atoms with van der Waals surface area (Å²) in [5.74, 6) is 0.449. The van der Waals surface area contributed by atoms with Gasteiger partial charge < -0.3 is 14.8 Å². The minimum Gasteiger partial charge on any atom is -0.480 e. The summed E-state index contributed by atoms with van der Waals surface area (Å²) in [7, 11) is 1.58. The van der Waals surface area contributed by atoms with Crippen molar-refractivity contribution >= 4 is 12.2 Å². The average Bonchev–Trinajstić information content (AvgIpc) is 2.42. The van der Waals surface area contributed by atoms with E-state index < -0.39 is 6.10 Å². The van der Waals surface area contributed by atoms with E-state index in [-0.39, 0.29) is 5.91 Å². The first-order chi connectivity index (χ1) is 9.49. The predicted octanol–water partition coefficient (Wildman–Crippen LogP) is 1.65. The van der Waals surface area contributed by atoms with Gasteiger partial charge in [0.15, 0.2) is 6.10 Å². The lowest BCUT2D eigenvalue weighted by Crippen LogP contribution is -2.38. The highest BCUT2D eigenvalue weighted by atomic mass is 16.5. The summed E-state index contributed by atoms with van der Waals surface area (Å²) < 4.78 is 10.6. The Bertz CT molecular complexity index is 462. The Morgan fingerprint density at radius 2 is 1.95 bits per heavy atom. The zero-order valence-electron chi connectivity index (χ0n) is 12.4. The molecule has 1 aromatic carbocycles. The number of aryl methyl sites for hydroxylation is 2. The molecule has 20 heavy (non-hydrogen) atoms. The molecule has 0 spiro atoms. The van der Waals surface area contributed by atoms with E-state index in [0.29, 0.717) is 24.5 Å². The average molecular weight is 279 g/mol. The van der Waals surface area contributed by atoms with E-state index in [1.165, 1.54) is 0 Å². The molecule has 1 unspecified atom stereocenters. The summed E-state index contributed by atoms with van der Waals surface area (Å²) in [4.78, 5) is 22.6. The van der Waals surface area contributed by atoms with Crippen LogP contribution in [0.15, 0.2) is 12.1 Å². The van der Waals surface area contributed by atoms with Crippen LogP contribution in [0, 0.1) is 13.8 Å². The molecule has 0 saturated heterocycles. The maximum Gasteiger partial charge on any atom is 0.260 e. The summed E-state index contributed by atoms with van der Waals surface area (Å²) in [5.41, 5.74) is 2.27. The van der Waals surface area contributed by atoms with Gasteiger partial charge >= 0.3 is 0 Å². The van der Waals surface area contributed by atoms with Gasteiger partial charge in [-0.2, -0.15) is 0 Å². The highest BCUT2D eigenvalue weighted by Gasteiger charge is 2.16. The SMILES string of the molecule is COCCNC(=O)C(C)Oc1c(C)cc(C=O)cc1C. The Hall–Kier alpha value is -1.88. The van der Waals surface area contributed by atoms with Crippen LogP contribution in [0.5, 0.6) is 5.75 Å². The summed E-state index contributed by atoms with van der Waals surface area (Å²) in [6.07, 6.45) is 0.191. The fourth-order valence-electron chi connectivity index (χ4n) is 1.89. The second-order valence-corrected chi connectivity index (χ2v) is 4.65. The Labute approximate surface area is 119 Å². The molecule has 0 radical (unpaired) electrons. The van der Waals surface area contributed by atoms with Gasteiger partial charge in [-0.15, -0.1) is 0 Å². The number of aldehydes is 1. The molecule has 0 aliphatic carbocycles. The number of amides is 1. The smallest absolute Gasteiger partial charge is 0.260 e. The van der Waals surface area contributed by atoms with Crippen molar-refractivity contribution in [1.82, 2.24) is 5.32 Å². The third-order valence-electron chi connectivity index (χ3n) is 2.89. The second kappa shape index (κ2) is 7.65. The van der Waals surface area contributed by atoms with Crippen molar-refractivity contribution in [3.8, 4) is 5.75 Å². The number of benzene rings is 1. The number of hydrogen-bond acceptors (Lipinski definition) is 4. The van der Waals surface area contributed by atoms with Crippen molar-refractivity contribution in [1.29, 1.82) is 0 Å². The topological polar surface area (TPSA) is 64.6 Å². The lowest BCUT2D eigenvalue weighted by molar-refractivity contribution is -0.127. The number of hydrogen-bond donors (Lipinski definition) is 1. The Morgan fingerprint density at radius 3 is 2.45 bits per heavy atom. The van der Waals surface area contributed by atoms with Crippen LogP contribution in [0.1, 0.15) is 28.4 Å².